The van der Waals surface area contributed by atoms with E-state index in [0.717, 1.165) is 5.56 Å². The minimum Gasteiger partial charge on any atom is -0.354 e. The third-order valence-corrected chi connectivity index (χ3v) is 4.21. The summed E-state index contributed by atoms with van der Waals surface area (Å²) in [6.45, 7) is 0.531. The van der Waals surface area contributed by atoms with Gasteiger partial charge in [0, 0.05) is 18.9 Å². The fraction of sp³-hybridized carbons (Fsp3) is 0.231. The van der Waals surface area contributed by atoms with Crippen LogP contribution in [0.4, 0.5) is 0 Å². The third-order valence-electron chi connectivity index (χ3n) is 2.97. The molecule has 1 heterocycles. The number of benzene rings is 1. The van der Waals surface area contributed by atoms with Gasteiger partial charge in [-0.25, -0.2) is 18.5 Å². The first-order valence-corrected chi connectivity index (χ1v) is 8.34. The summed E-state index contributed by atoms with van der Waals surface area (Å²) in [6.07, 6.45) is 3.71. The molecule has 0 aliphatic carbocycles. The molecule has 1 aromatic heterocycles. The summed E-state index contributed by atoms with van der Waals surface area (Å²) >= 11 is 5.78. The first-order valence-electron chi connectivity index (χ1n) is 6.41. The second kappa shape index (κ2) is 6.91. The molecule has 0 unspecified atom stereocenters. The van der Waals surface area contributed by atoms with Gasteiger partial charge in [-0.2, -0.15) is 0 Å². The molecule has 22 heavy (non-hydrogen) atoms. The molecule has 0 fully saturated rings. The number of halogens is 1. The maximum Gasteiger partial charge on any atom is 0.240 e. The number of nitrogens with zero attached hydrogens (tertiary/aromatic N) is 2. The number of nitrogens with one attached hydrogen (secondary N) is 1. The van der Waals surface area contributed by atoms with Crippen molar-refractivity contribution in [3.8, 4) is 0 Å². The quantitative estimate of drug-likeness (QED) is 0.799. The molecule has 0 saturated carbocycles. The monoisotopic (exact) mass is 342 g/mol. The van der Waals surface area contributed by atoms with E-state index in [1.807, 2.05) is 0 Å². The topological polar surface area (TPSA) is 107 Å². The number of nitrogens with two attached hydrogens (primary N) is 1. The van der Waals surface area contributed by atoms with E-state index in [1.165, 1.54) is 22.9 Å². The number of hydrogen-bond donors (Lipinski definition) is 2. The number of amides is 1. The normalized spacial score (nSPS) is 11.4. The summed E-state index contributed by atoms with van der Waals surface area (Å²) in [6, 6.07) is 6.22. The van der Waals surface area contributed by atoms with Crippen LogP contribution in [0.25, 0.3) is 0 Å². The van der Waals surface area contributed by atoms with Gasteiger partial charge in [0.25, 0.3) is 0 Å². The number of imidazole rings is 1. The van der Waals surface area contributed by atoms with E-state index in [0.29, 0.717) is 13.0 Å². The lowest BCUT2D eigenvalue weighted by molar-refractivity contribution is -0.121. The van der Waals surface area contributed by atoms with E-state index in [4.69, 9.17) is 16.7 Å². The highest BCUT2D eigenvalue weighted by Gasteiger charge is 2.08. The van der Waals surface area contributed by atoms with E-state index in [1.54, 1.807) is 18.3 Å². The Labute approximate surface area is 133 Å². The number of carbonyl (C=O) groups is 1. The van der Waals surface area contributed by atoms with Gasteiger partial charge < -0.3 is 9.88 Å². The highest BCUT2D eigenvalue weighted by molar-refractivity contribution is 7.89. The smallest absolute Gasteiger partial charge is 0.240 e. The van der Waals surface area contributed by atoms with Crippen LogP contribution in [0.1, 0.15) is 5.56 Å². The molecule has 2 rings (SSSR count). The standard InChI is InChI=1S/C13H15ClN4O3S/c14-13-17-7-8-18(13)9-12(19)16-6-5-10-1-3-11(4-2-10)22(15,20)21/h1-4,7-8H,5-6,9H2,(H,16,19)(H2,15,20,21). The molecule has 118 valence electrons. The molecule has 0 spiro atoms. The number of primary sulfonamides is 1. The molecule has 0 radical (unpaired) electrons. The van der Waals surface area contributed by atoms with Crippen molar-refractivity contribution in [3.63, 3.8) is 0 Å². The lowest BCUT2D eigenvalue weighted by Crippen LogP contribution is -2.29. The maximum absolute atomic E-state index is 11.7. The highest BCUT2D eigenvalue weighted by Crippen LogP contribution is 2.09. The zero-order chi connectivity index (χ0) is 16.2. The van der Waals surface area contributed by atoms with Crippen molar-refractivity contribution in [2.45, 2.75) is 17.9 Å². The van der Waals surface area contributed by atoms with Crippen LogP contribution in [0, 0.1) is 0 Å². The number of hydrogen-bond acceptors (Lipinski definition) is 4. The summed E-state index contributed by atoms with van der Waals surface area (Å²) in [5.41, 5.74) is 0.897. The van der Waals surface area contributed by atoms with Crippen molar-refractivity contribution < 1.29 is 13.2 Å². The molecule has 0 atom stereocenters. The third kappa shape index (κ3) is 4.55. The zero-order valence-electron chi connectivity index (χ0n) is 11.6. The number of sulfonamides is 1. The van der Waals surface area contributed by atoms with Crippen molar-refractivity contribution in [1.82, 2.24) is 14.9 Å². The first kappa shape index (κ1) is 16.5. The average Bonchev–Trinajstić information content (AvgIpc) is 2.84. The van der Waals surface area contributed by atoms with Gasteiger partial charge >= 0.3 is 0 Å². The van der Waals surface area contributed by atoms with Gasteiger partial charge in [-0.15, -0.1) is 0 Å². The highest BCUT2D eigenvalue weighted by atomic mass is 35.5. The first-order chi connectivity index (χ1) is 10.4. The fourth-order valence-electron chi connectivity index (χ4n) is 1.83. The van der Waals surface area contributed by atoms with Gasteiger partial charge in [0.15, 0.2) is 0 Å². The van der Waals surface area contributed by atoms with Crippen molar-refractivity contribution in [2.75, 3.05) is 6.54 Å². The summed E-state index contributed by atoms with van der Waals surface area (Å²) in [5.74, 6) is -0.180. The second-order valence-corrected chi connectivity index (χ2v) is 6.51. The lowest BCUT2D eigenvalue weighted by atomic mass is 10.1. The molecule has 0 bridgehead atoms. The number of rotatable bonds is 6. The van der Waals surface area contributed by atoms with Crippen molar-refractivity contribution >= 4 is 27.5 Å². The zero-order valence-corrected chi connectivity index (χ0v) is 13.1. The molecular weight excluding hydrogens is 328 g/mol. The minimum absolute atomic E-state index is 0.0648. The summed E-state index contributed by atoms with van der Waals surface area (Å²) in [5, 5.41) is 8.03. The van der Waals surface area contributed by atoms with Crippen LogP contribution in [0.15, 0.2) is 41.6 Å². The van der Waals surface area contributed by atoms with E-state index in [2.05, 4.69) is 10.3 Å². The molecule has 0 aliphatic rings. The Bertz CT molecular complexity index is 756. The van der Waals surface area contributed by atoms with E-state index < -0.39 is 10.0 Å². The molecular formula is C13H15ClN4O3S. The van der Waals surface area contributed by atoms with Crippen molar-refractivity contribution in [3.05, 3.63) is 47.5 Å². The van der Waals surface area contributed by atoms with Crippen LogP contribution >= 0.6 is 11.6 Å². The largest absolute Gasteiger partial charge is 0.354 e. The summed E-state index contributed by atoms with van der Waals surface area (Å²) < 4.78 is 23.8. The average molecular weight is 343 g/mol. The van der Waals surface area contributed by atoms with Gasteiger partial charge in [0.2, 0.25) is 21.2 Å². The Morgan fingerprint density at radius 2 is 2.00 bits per heavy atom. The molecule has 0 saturated heterocycles. The van der Waals surface area contributed by atoms with Gasteiger partial charge in [0.1, 0.15) is 6.54 Å². The molecule has 1 aromatic carbocycles. The van der Waals surface area contributed by atoms with Gasteiger partial charge in [-0.1, -0.05) is 12.1 Å². The lowest BCUT2D eigenvalue weighted by Gasteiger charge is -2.07. The maximum atomic E-state index is 11.7. The van der Waals surface area contributed by atoms with E-state index in [9.17, 15) is 13.2 Å². The Kier molecular flexibility index (Phi) is 5.17. The van der Waals surface area contributed by atoms with Crippen LogP contribution in [-0.2, 0) is 27.8 Å². The Morgan fingerprint density at radius 1 is 1.32 bits per heavy atom. The molecule has 3 N–H and O–H groups in total. The number of aromatic nitrogens is 2. The van der Waals surface area contributed by atoms with Crippen LogP contribution < -0.4 is 10.5 Å². The van der Waals surface area contributed by atoms with E-state index in [-0.39, 0.29) is 22.6 Å². The van der Waals surface area contributed by atoms with Gasteiger partial charge in [-0.3, -0.25) is 4.79 Å². The van der Waals surface area contributed by atoms with Gasteiger partial charge in [0.05, 0.1) is 4.90 Å². The molecule has 7 nitrogen and oxygen atoms in total. The second-order valence-electron chi connectivity index (χ2n) is 4.61. The van der Waals surface area contributed by atoms with E-state index >= 15 is 0 Å². The van der Waals surface area contributed by atoms with Crippen LogP contribution in [0.2, 0.25) is 5.28 Å². The minimum atomic E-state index is -3.68. The predicted octanol–water partition coefficient (Wildman–Crippen LogP) is 0.543. The Hall–Kier alpha value is -1.90. The fourth-order valence-corrected chi connectivity index (χ4v) is 2.52. The summed E-state index contributed by atoms with van der Waals surface area (Å²) in [4.78, 5) is 15.6. The Balaban J connectivity index is 1.81. The predicted molar refractivity (Wildman–Crippen MR) is 81.8 cm³/mol. The molecule has 0 aliphatic heterocycles. The molecule has 1 amide bonds. The van der Waals surface area contributed by atoms with Crippen LogP contribution in [-0.4, -0.2) is 30.4 Å². The Morgan fingerprint density at radius 3 is 2.55 bits per heavy atom. The van der Waals surface area contributed by atoms with Crippen molar-refractivity contribution in [2.24, 2.45) is 5.14 Å². The molecule has 2 aromatic rings. The molecule has 9 heteroatoms. The van der Waals surface area contributed by atoms with Crippen molar-refractivity contribution in [1.29, 1.82) is 0 Å². The number of carbonyl (C=O) groups excluding carboxylic acids is 1. The van der Waals surface area contributed by atoms with Gasteiger partial charge in [-0.05, 0) is 35.7 Å². The van der Waals surface area contributed by atoms with Crippen LogP contribution in [0.5, 0.6) is 0 Å². The van der Waals surface area contributed by atoms with Crippen LogP contribution in [0.3, 0.4) is 0 Å². The summed E-state index contributed by atoms with van der Waals surface area (Å²) in [7, 11) is -3.68. The SMILES string of the molecule is NS(=O)(=O)c1ccc(CCNC(=O)Cn2ccnc2Cl)cc1.